The molecule has 0 unspecified atom stereocenters. The van der Waals surface area contributed by atoms with Crippen LogP contribution in [0.3, 0.4) is 0 Å². The average molecular weight is 437 g/mol. The van der Waals surface area contributed by atoms with Gasteiger partial charge in [-0.2, -0.15) is 0 Å². The number of hydrogen-bond acceptors (Lipinski definition) is 4. The normalized spacial score (nSPS) is 10.8. The van der Waals surface area contributed by atoms with Gasteiger partial charge in [-0.05, 0) is 30.0 Å². The van der Waals surface area contributed by atoms with Crippen molar-refractivity contribution in [2.45, 2.75) is 52.6 Å². The van der Waals surface area contributed by atoms with Gasteiger partial charge in [-0.3, -0.25) is 13.9 Å². The Labute approximate surface area is 186 Å². The number of carboxylic acid groups (broad SMARTS) is 1. The number of ether oxygens (including phenoxy) is 1. The first kappa shape index (κ1) is 23.1. The highest BCUT2D eigenvalue weighted by atomic mass is 16.7. The molecule has 0 radical (unpaired) electrons. The van der Waals surface area contributed by atoms with Crippen molar-refractivity contribution in [1.82, 2.24) is 9.13 Å². The van der Waals surface area contributed by atoms with E-state index in [1.165, 1.54) is 0 Å². The van der Waals surface area contributed by atoms with Gasteiger partial charge in [-0.25, -0.2) is 9.59 Å². The van der Waals surface area contributed by atoms with Crippen LogP contribution in [0.15, 0.2) is 53.3 Å². The number of imidazole rings is 1. The monoisotopic (exact) mass is 436 g/mol. The number of carbonyl (C=O) groups excluding carboxylic acids is 1. The average Bonchev–Trinajstić information content (AvgIpc) is 3.03. The van der Waals surface area contributed by atoms with Gasteiger partial charge in [-0.1, -0.05) is 69.2 Å². The summed E-state index contributed by atoms with van der Waals surface area (Å²) in [4.78, 5) is 35.8. The number of nitrogens with zero attached hydrogens (tertiary/aromatic N) is 2. The maximum atomic E-state index is 13.1. The molecule has 0 saturated heterocycles. The lowest BCUT2D eigenvalue weighted by atomic mass is 10.0. The molecule has 0 aliphatic rings. The molecule has 0 aliphatic heterocycles. The smallest absolute Gasteiger partial charge is 0.449 e. The fourth-order valence-electron chi connectivity index (χ4n) is 3.85. The highest BCUT2D eigenvalue weighted by molar-refractivity contribution is 5.75. The minimum atomic E-state index is -1.37. The van der Waals surface area contributed by atoms with Crippen LogP contribution in [0.5, 0.6) is 5.75 Å². The molecule has 0 atom stereocenters. The van der Waals surface area contributed by atoms with Crippen LogP contribution in [0.25, 0.3) is 11.1 Å². The lowest BCUT2D eigenvalue weighted by Gasteiger charge is -2.10. The van der Waals surface area contributed by atoms with Crippen molar-refractivity contribution in [2.24, 2.45) is 0 Å². The van der Waals surface area contributed by atoms with Gasteiger partial charge in [0.15, 0.2) is 6.29 Å². The molecule has 1 N–H and O–H groups in total. The van der Waals surface area contributed by atoms with E-state index in [0.717, 1.165) is 42.4 Å². The quantitative estimate of drug-likeness (QED) is 0.275. The third kappa shape index (κ3) is 4.99. The summed E-state index contributed by atoms with van der Waals surface area (Å²) in [7, 11) is 0. The molecule has 0 bridgehead atoms. The Bertz CT molecular complexity index is 1140. The molecule has 32 heavy (non-hydrogen) atoms. The van der Waals surface area contributed by atoms with Crippen LogP contribution in [-0.4, -0.2) is 26.7 Å². The topological polar surface area (TPSA) is 90.5 Å². The minimum Gasteiger partial charge on any atom is -0.449 e. The highest BCUT2D eigenvalue weighted by Crippen LogP contribution is 2.30. The molecular formula is C25H28N2O5. The molecule has 168 valence electrons. The van der Waals surface area contributed by atoms with Crippen molar-refractivity contribution >= 4 is 12.4 Å². The molecule has 2 aromatic carbocycles. The van der Waals surface area contributed by atoms with E-state index in [1.807, 2.05) is 37.3 Å². The van der Waals surface area contributed by atoms with Crippen molar-refractivity contribution in [3.05, 3.63) is 76.0 Å². The molecule has 7 nitrogen and oxygen atoms in total. The van der Waals surface area contributed by atoms with Crippen LogP contribution in [0.2, 0.25) is 0 Å². The molecule has 7 heteroatoms. The predicted octanol–water partition coefficient (Wildman–Crippen LogP) is 4.99. The molecule has 3 rings (SSSR count). The maximum Gasteiger partial charge on any atom is 0.511 e. The van der Waals surface area contributed by atoms with Gasteiger partial charge in [0, 0.05) is 12.1 Å². The van der Waals surface area contributed by atoms with Crippen LogP contribution in [-0.2, 0) is 19.5 Å². The van der Waals surface area contributed by atoms with Crippen molar-refractivity contribution < 1.29 is 19.4 Å². The number of carbonyl (C=O) groups is 2. The summed E-state index contributed by atoms with van der Waals surface area (Å²) in [6.07, 6.45) is 2.69. The Morgan fingerprint density at radius 2 is 1.75 bits per heavy atom. The summed E-state index contributed by atoms with van der Waals surface area (Å²) in [5.74, 6) is 0.262. The molecule has 3 aromatic rings. The van der Waals surface area contributed by atoms with E-state index >= 15 is 0 Å². The van der Waals surface area contributed by atoms with E-state index < -0.39 is 6.16 Å². The zero-order chi connectivity index (χ0) is 23.1. The fraction of sp³-hybridized carbons (Fsp3) is 0.320. The fourth-order valence-corrected chi connectivity index (χ4v) is 3.85. The van der Waals surface area contributed by atoms with Crippen molar-refractivity contribution in [3.8, 4) is 16.9 Å². The number of hydrogen-bond donors (Lipinski definition) is 1. The van der Waals surface area contributed by atoms with Crippen LogP contribution in [0, 0.1) is 0 Å². The number of benzene rings is 2. The van der Waals surface area contributed by atoms with Gasteiger partial charge < -0.3 is 9.84 Å². The molecule has 1 aromatic heterocycles. The standard InChI is InChI=1S/C25H28N2O5/c1-3-5-15-26-22(17-28)21(8-4-2)27(24(26)29)16-18-11-13-19(14-12-18)20-9-6-7-10-23(20)32-25(30)31/h6-7,9-14,17H,3-5,8,15-16H2,1-2H3,(H,30,31). The molecule has 0 spiro atoms. The minimum absolute atomic E-state index is 0.159. The van der Waals surface area contributed by atoms with E-state index in [9.17, 15) is 14.4 Å². The number of aldehydes is 1. The largest absolute Gasteiger partial charge is 0.511 e. The van der Waals surface area contributed by atoms with Gasteiger partial charge in [0.05, 0.1) is 12.2 Å². The lowest BCUT2D eigenvalue weighted by Crippen LogP contribution is -2.26. The van der Waals surface area contributed by atoms with Crippen LogP contribution in [0.1, 0.15) is 54.9 Å². The summed E-state index contributed by atoms with van der Waals surface area (Å²) in [6.45, 7) is 4.98. The molecule has 0 fully saturated rings. The zero-order valence-corrected chi connectivity index (χ0v) is 18.4. The number of para-hydroxylation sites is 1. The second-order valence-electron chi connectivity index (χ2n) is 7.63. The van der Waals surface area contributed by atoms with Crippen LogP contribution >= 0.6 is 0 Å². The van der Waals surface area contributed by atoms with Gasteiger partial charge >= 0.3 is 11.8 Å². The van der Waals surface area contributed by atoms with E-state index in [1.54, 1.807) is 27.3 Å². The predicted molar refractivity (Wildman–Crippen MR) is 123 cm³/mol. The molecular weight excluding hydrogens is 408 g/mol. The van der Waals surface area contributed by atoms with Crippen molar-refractivity contribution in [1.29, 1.82) is 0 Å². The number of unbranched alkanes of at least 4 members (excludes halogenated alkanes) is 1. The molecule has 0 saturated carbocycles. The van der Waals surface area contributed by atoms with E-state index in [4.69, 9.17) is 9.84 Å². The van der Waals surface area contributed by atoms with Gasteiger partial charge in [0.25, 0.3) is 0 Å². The van der Waals surface area contributed by atoms with Gasteiger partial charge in [0.1, 0.15) is 11.4 Å². The highest BCUT2D eigenvalue weighted by Gasteiger charge is 2.19. The van der Waals surface area contributed by atoms with Gasteiger partial charge in [-0.15, -0.1) is 0 Å². The Kier molecular flexibility index (Phi) is 7.65. The summed E-state index contributed by atoms with van der Waals surface area (Å²) in [6, 6.07) is 14.5. The second-order valence-corrected chi connectivity index (χ2v) is 7.63. The molecule has 0 amide bonds. The Hall–Kier alpha value is -3.61. The summed E-state index contributed by atoms with van der Waals surface area (Å²) >= 11 is 0. The van der Waals surface area contributed by atoms with Crippen LogP contribution < -0.4 is 10.4 Å². The van der Waals surface area contributed by atoms with E-state index in [-0.39, 0.29) is 11.4 Å². The maximum absolute atomic E-state index is 13.1. The number of rotatable bonds is 10. The third-order valence-corrected chi connectivity index (χ3v) is 5.40. The first-order valence-electron chi connectivity index (χ1n) is 10.9. The zero-order valence-electron chi connectivity index (χ0n) is 18.4. The number of aromatic nitrogens is 2. The first-order valence-corrected chi connectivity index (χ1v) is 10.9. The Morgan fingerprint density at radius 1 is 1.03 bits per heavy atom. The Morgan fingerprint density at radius 3 is 2.38 bits per heavy atom. The van der Waals surface area contributed by atoms with Crippen LogP contribution in [0.4, 0.5) is 4.79 Å². The summed E-state index contributed by atoms with van der Waals surface area (Å²) in [5, 5.41) is 8.96. The second kappa shape index (κ2) is 10.6. The van der Waals surface area contributed by atoms with Gasteiger partial charge in [0.2, 0.25) is 0 Å². The third-order valence-electron chi connectivity index (χ3n) is 5.40. The van der Waals surface area contributed by atoms with Crippen molar-refractivity contribution in [3.63, 3.8) is 0 Å². The summed E-state index contributed by atoms with van der Waals surface area (Å²) < 4.78 is 8.17. The SMILES string of the molecule is CCCCn1c(C=O)c(CCC)n(Cc2ccc(-c3ccccc3OC(=O)O)cc2)c1=O. The molecule has 0 aliphatic carbocycles. The van der Waals surface area contributed by atoms with E-state index in [0.29, 0.717) is 30.8 Å². The van der Waals surface area contributed by atoms with Crippen molar-refractivity contribution in [2.75, 3.05) is 0 Å². The molecule has 1 heterocycles. The van der Waals surface area contributed by atoms with E-state index in [2.05, 4.69) is 6.92 Å². The first-order chi connectivity index (χ1) is 15.5. The lowest BCUT2D eigenvalue weighted by molar-refractivity contribution is 0.111. The summed E-state index contributed by atoms with van der Waals surface area (Å²) in [5.41, 5.74) is 3.47. The Balaban J connectivity index is 1.94.